The molecule has 0 bridgehead atoms. The highest BCUT2D eigenvalue weighted by molar-refractivity contribution is 7.99. The van der Waals surface area contributed by atoms with E-state index in [0.29, 0.717) is 13.2 Å². The Kier molecular flexibility index (Phi) is 6.70. The Hall–Kier alpha value is -0.710. The molecule has 1 heterocycles. The zero-order valence-corrected chi connectivity index (χ0v) is 13.0. The lowest BCUT2D eigenvalue weighted by Gasteiger charge is -2.15. The molecule has 0 aromatic heterocycles. The van der Waals surface area contributed by atoms with Crippen molar-refractivity contribution in [3.63, 3.8) is 0 Å². The van der Waals surface area contributed by atoms with Gasteiger partial charge in [0.25, 0.3) is 0 Å². The Morgan fingerprint density at radius 1 is 1.40 bits per heavy atom. The minimum Gasteiger partial charge on any atom is -0.491 e. The van der Waals surface area contributed by atoms with Crippen LogP contribution in [0, 0.1) is 5.92 Å². The summed E-state index contributed by atoms with van der Waals surface area (Å²) < 4.78 is 5.60. The highest BCUT2D eigenvalue weighted by Crippen LogP contribution is 2.22. The lowest BCUT2D eigenvalue weighted by molar-refractivity contribution is 0.106. The van der Waals surface area contributed by atoms with Crippen molar-refractivity contribution in [3.05, 3.63) is 29.8 Å². The number of aliphatic hydroxyl groups is 1. The van der Waals surface area contributed by atoms with Gasteiger partial charge in [0.15, 0.2) is 0 Å². The van der Waals surface area contributed by atoms with Crippen molar-refractivity contribution in [2.45, 2.75) is 25.9 Å². The second kappa shape index (κ2) is 8.55. The van der Waals surface area contributed by atoms with E-state index in [0.717, 1.165) is 24.6 Å². The number of hydrogen-bond donors (Lipinski definition) is 2. The van der Waals surface area contributed by atoms with E-state index in [4.69, 9.17) is 4.74 Å². The van der Waals surface area contributed by atoms with Gasteiger partial charge < -0.3 is 15.2 Å². The van der Waals surface area contributed by atoms with Crippen molar-refractivity contribution in [1.82, 2.24) is 5.32 Å². The van der Waals surface area contributed by atoms with Crippen LogP contribution in [0.2, 0.25) is 0 Å². The molecule has 2 rings (SSSR count). The largest absolute Gasteiger partial charge is 0.491 e. The number of hydrogen-bond acceptors (Lipinski definition) is 4. The van der Waals surface area contributed by atoms with Crippen LogP contribution in [0.1, 0.15) is 18.9 Å². The fourth-order valence-electron chi connectivity index (χ4n) is 2.27. The maximum Gasteiger partial charge on any atom is 0.119 e. The average Bonchev–Trinajstić information content (AvgIpc) is 2.99. The predicted molar refractivity (Wildman–Crippen MR) is 85.6 cm³/mol. The van der Waals surface area contributed by atoms with Crippen LogP contribution < -0.4 is 10.1 Å². The standard InChI is InChI=1S/C16H25NO2S/c1-2-13-3-5-16(6-4-13)19-11-15(18)10-17-9-14-7-8-20-12-14/h3-6,14-15,17-18H,2,7-12H2,1H3. The number of nitrogens with one attached hydrogen (secondary N) is 1. The third-order valence-electron chi connectivity index (χ3n) is 3.61. The Morgan fingerprint density at radius 3 is 2.85 bits per heavy atom. The lowest BCUT2D eigenvalue weighted by Crippen LogP contribution is -2.34. The molecule has 20 heavy (non-hydrogen) atoms. The summed E-state index contributed by atoms with van der Waals surface area (Å²) in [5.74, 6) is 4.14. The highest BCUT2D eigenvalue weighted by atomic mass is 32.2. The number of thioether (sulfide) groups is 1. The van der Waals surface area contributed by atoms with Crippen LogP contribution in [0.15, 0.2) is 24.3 Å². The molecule has 112 valence electrons. The van der Waals surface area contributed by atoms with Crippen LogP contribution in [-0.4, -0.2) is 42.4 Å². The van der Waals surface area contributed by atoms with E-state index in [1.807, 2.05) is 23.9 Å². The van der Waals surface area contributed by atoms with Gasteiger partial charge in [0.1, 0.15) is 18.5 Å². The van der Waals surface area contributed by atoms with Gasteiger partial charge in [-0.2, -0.15) is 11.8 Å². The molecular formula is C16H25NO2S. The molecule has 0 aliphatic carbocycles. The van der Waals surface area contributed by atoms with Crippen LogP contribution in [0.3, 0.4) is 0 Å². The quantitative estimate of drug-likeness (QED) is 0.772. The fourth-order valence-corrected chi connectivity index (χ4v) is 3.56. The second-order valence-electron chi connectivity index (χ2n) is 5.35. The number of benzene rings is 1. The molecule has 1 fully saturated rings. The molecule has 1 aromatic rings. The maximum atomic E-state index is 9.89. The molecule has 2 atom stereocenters. The highest BCUT2D eigenvalue weighted by Gasteiger charge is 2.15. The van der Waals surface area contributed by atoms with Crippen LogP contribution in [0.25, 0.3) is 0 Å². The van der Waals surface area contributed by atoms with Gasteiger partial charge in [-0.1, -0.05) is 19.1 Å². The van der Waals surface area contributed by atoms with E-state index in [1.165, 1.54) is 23.5 Å². The average molecular weight is 295 g/mol. The van der Waals surface area contributed by atoms with Gasteiger partial charge >= 0.3 is 0 Å². The molecule has 1 aliphatic heterocycles. The van der Waals surface area contributed by atoms with Crippen LogP contribution in [0.5, 0.6) is 5.75 Å². The molecule has 1 aliphatic rings. The monoisotopic (exact) mass is 295 g/mol. The van der Waals surface area contributed by atoms with Crippen LogP contribution in [-0.2, 0) is 6.42 Å². The minimum atomic E-state index is -0.449. The van der Waals surface area contributed by atoms with Gasteiger partial charge in [-0.25, -0.2) is 0 Å². The molecule has 0 amide bonds. The molecular weight excluding hydrogens is 270 g/mol. The van der Waals surface area contributed by atoms with Crippen molar-refractivity contribution < 1.29 is 9.84 Å². The van der Waals surface area contributed by atoms with E-state index in [-0.39, 0.29) is 0 Å². The summed E-state index contributed by atoms with van der Waals surface area (Å²) >= 11 is 2.02. The normalized spacial score (nSPS) is 20.0. The van der Waals surface area contributed by atoms with Crippen LogP contribution >= 0.6 is 11.8 Å². The second-order valence-corrected chi connectivity index (χ2v) is 6.50. The van der Waals surface area contributed by atoms with Crippen molar-refractivity contribution >= 4 is 11.8 Å². The van der Waals surface area contributed by atoms with E-state index < -0.39 is 6.10 Å². The number of ether oxygens (including phenoxy) is 1. The fraction of sp³-hybridized carbons (Fsp3) is 0.625. The molecule has 2 N–H and O–H groups in total. The number of aliphatic hydroxyl groups excluding tert-OH is 1. The van der Waals surface area contributed by atoms with Gasteiger partial charge in [0, 0.05) is 6.54 Å². The Bertz CT molecular complexity index is 377. The summed E-state index contributed by atoms with van der Waals surface area (Å²) in [5.41, 5.74) is 1.30. The third kappa shape index (κ3) is 5.35. The summed E-state index contributed by atoms with van der Waals surface area (Å²) in [6.07, 6.45) is 1.88. The van der Waals surface area contributed by atoms with Crippen molar-refractivity contribution in [2.75, 3.05) is 31.2 Å². The van der Waals surface area contributed by atoms with E-state index >= 15 is 0 Å². The summed E-state index contributed by atoms with van der Waals surface area (Å²) in [5, 5.41) is 13.2. The van der Waals surface area contributed by atoms with Crippen molar-refractivity contribution in [2.24, 2.45) is 5.92 Å². The molecule has 1 saturated heterocycles. The molecule has 4 heteroatoms. The Labute approximate surface area is 126 Å². The van der Waals surface area contributed by atoms with Gasteiger partial charge in [0.2, 0.25) is 0 Å². The van der Waals surface area contributed by atoms with Gasteiger partial charge in [-0.3, -0.25) is 0 Å². The van der Waals surface area contributed by atoms with E-state index in [1.54, 1.807) is 0 Å². The van der Waals surface area contributed by atoms with E-state index in [9.17, 15) is 5.11 Å². The summed E-state index contributed by atoms with van der Waals surface area (Å²) in [4.78, 5) is 0. The van der Waals surface area contributed by atoms with Gasteiger partial charge in [0.05, 0.1) is 0 Å². The number of rotatable bonds is 8. The maximum absolute atomic E-state index is 9.89. The zero-order valence-electron chi connectivity index (χ0n) is 12.2. The SMILES string of the molecule is CCc1ccc(OCC(O)CNCC2CCSC2)cc1. The molecule has 0 spiro atoms. The molecule has 3 nitrogen and oxygen atoms in total. The minimum absolute atomic E-state index is 0.345. The zero-order chi connectivity index (χ0) is 14.2. The smallest absolute Gasteiger partial charge is 0.119 e. The van der Waals surface area contributed by atoms with E-state index in [2.05, 4.69) is 24.4 Å². The van der Waals surface area contributed by atoms with Crippen molar-refractivity contribution in [1.29, 1.82) is 0 Å². The number of aryl methyl sites for hydroxylation is 1. The predicted octanol–water partition coefficient (Wildman–Crippen LogP) is 2.33. The Balaban J connectivity index is 1.59. The summed E-state index contributed by atoms with van der Waals surface area (Å²) in [6.45, 7) is 4.09. The topological polar surface area (TPSA) is 41.5 Å². The Morgan fingerprint density at radius 2 is 2.20 bits per heavy atom. The molecule has 0 radical (unpaired) electrons. The summed E-state index contributed by atoms with van der Waals surface area (Å²) in [6, 6.07) is 8.07. The summed E-state index contributed by atoms with van der Waals surface area (Å²) in [7, 11) is 0. The van der Waals surface area contributed by atoms with Crippen molar-refractivity contribution in [3.8, 4) is 5.75 Å². The van der Waals surface area contributed by atoms with Gasteiger partial charge in [-0.05, 0) is 54.5 Å². The molecule has 0 saturated carbocycles. The third-order valence-corrected chi connectivity index (χ3v) is 4.84. The molecule has 2 unspecified atom stereocenters. The molecule has 1 aromatic carbocycles. The first-order valence-corrected chi connectivity index (χ1v) is 8.61. The lowest BCUT2D eigenvalue weighted by atomic mass is 10.1. The van der Waals surface area contributed by atoms with Crippen LogP contribution in [0.4, 0.5) is 0 Å². The van der Waals surface area contributed by atoms with Gasteiger partial charge in [-0.15, -0.1) is 0 Å². The first-order valence-electron chi connectivity index (χ1n) is 7.46. The first-order chi connectivity index (χ1) is 9.78. The first kappa shape index (κ1) is 15.7.